The second-order valence-electron chi connectivity index (χ2n) is 23.6. The van der Waals surface area contributed by atoms with Crippen LogP contribution in [0, 0.1) is 10.8 Å². The molecular formula is C71H73N11O33S4. The number of azide groups is 1. The fourth-order valence-electron chi connectivity index (χ4n) is 10.9. The van der Waals surface area contributed by atoms with Crippen LogP contribution >= 0.6 is 48.2 Å². The van der Waals surface area contributed by atoms with Crippen LogP contribution in [-0.4, -0.2) is 201 Å². The molecule has 0 saturated carbocycles. The topological polar surface area (TPSA) is 660 Å². The molecule has 1 atom stereocenters. The molecule has 119 heavy (non-hydrogen) atoms. The predicted octanol–water partition coefficient (Wildman–Crippen LogP) is 8.71. The van der Waals surface area contributed by atoms with E-state index in [1.807, 2.05) is 0 Å². The zero-order valence-electron chi connectivity index (χ0n) is 61.6. The first kappa shape index (κ1) is 93.1. The molecule has 0 spiro atoms. The number of nitrogens with two attached hydrogens (primary N) is 2. The fraction of sp³-hybridized carbons (Fsp3) is 0.268. The first-order chi connectivity index (χ1) is 57.5. The molecule has 0 radical (unpaired) electrons. The second-order valence-corrected chi connectivity index (χ2v) is 26.5. The van der Waals surface area contributed by atoms with Crippen LogP contribution in [-0.2, 0) is 80.3 Å². The number of anilines is 2. The Kier molecular flexibility index (Phi) is 38.0. The molecule has 44 nitrogen and oxygen atoms in total. The third-order valence-electron chi connectivity index (χ3n) is 16.1. The lowest BCUT2D eigenvalue weighted by Crippen LogP contribution is -2.35. The van der Waals surface area contributed by atoms with Crippen molar-refractivity contribution in [3.8, 4) is 50.7 Å². The van der Waals surface area contributed by atoms with Crippen LogP contribution in [0.2, 0.25) is 0 Å². The van der Waals surface area contributed by atoms with Crippen LogP contribution in [0.25, 0.3) is 77.3 Å². The van der Waals surface area contributed by atoms with Gasteiger partial charge in [-0.3, -0.25) is 34.8 Å². The van der Waals surface area contributed by atoms with Gasteiger partial charge >= 0.3 is 23.9 Å². The molecule has 4 aliphatic rings. The Morgan fingerprint density at radius 2 is 0.908 bits per heavy atom. The van der Waals surface area contributed by atoms with Gasteiger partial charge in [0.25, 0.3) is 17.7 Å². The van der Waals surface area contributed by atoms with E-state index in [-0.39, 0.29) is 254 Å². The number of nitrogen functional groups attached to an aromatic ring is 2. The van der Waals surface area contributed by atoms with Gasteiger partial charge in [0.2, 0.25) is 5.91 Å². The summed E-state index contributed by atoms with van der Waals surface area (Å²) in [7, 11) is 0. The van der Waals surface area contributed by atoms with Gasteiger partial charge in [0.05, 0.1) is 154 Å². The third-order valence-corrected chi connectivity index (χ3v) is 18.9. The molecule has 0 saturated heterocycles. The van der Waals surface area contributed by atoms with Crippen molar-refractivity contribution in [3.63, 3.8) is 0 Å². The highest BCUT2D eigenvalue weighted by molar-refractivity contribution is 7.95. The van der Waals surface area contributed by atoms with Gasteiger partial charge < -0.3 is 95.2 Å². The van der Waals surface area contributed by atoms with Gasteiger partial charge in [0.15, 0.2) is 28.9 Å². The zero-order chi connectivity index (χ0) is 85.8. The highest BCUT2D eigenvalue weighted by Gasteiger charge is 2.31. The molecule has 0 bridgehead atoms. The maximum absolute atomic E-state index is 13.4. The summed E-state index contributed by atoms with van der Waals surface area (Å²) in [6.07, 6.45) is -1.13. The van der Waals surface area contributed by atoms with E-state index in [9.17, 15) is 48.6 Å². The Balaban J connectivity index is 0.000000324. The van der Waals surface area contributed by atoms with Crippen molar-refractivity contribution in [2.24, 2.45) is 5.11 Å². The summed E-state index contributed by atoms with van der Waals surface area (Å²) in [5.41, 5.74) is 22.7. The van der Waals surface area contributed by atoms with Gasteiger partial charge in [-0.1, -0.05) is 31.3 Å². The number of nitrogens with zero attached hydrogens (tertiary/aromatic N) is 3. The number of rotatable bonds is 50. The normalized spacial score (nSPS) is 11.4. The summed E-state index contributed by atoms with van der Waals surface area (Å²) < 4.78 is 68.2. The Morgan fingerprint density at radius 3 is 1.36 bits per heavy atom. The minimum absolute atomic E-state index is 0.00136. The molecule has 2 heterocycles. The summed E-state index contributed by atoms with van der Waals surface area (Å²) in [5, 5.41) is 119. The summed E-state index contributed by atoms with van der Waals surface area (Å²) in [6.45, 7) is 0.597. The number of hydrogen-bond donors (Lipinski definition) is 16. The number of nitrogens with one attached hydrogen (secondary N) is 6. The summed E-state index contributed by atoms with van der Waals surface area (Å²) in [6, 6.07) is 26.0. The van der Waals surface area contributed by atoms with Gasteiger partial charge in [-0.25, -0.2) is 35.4 Å². The number of amides is 4. The van der Waals surface area contributed by atoms with Crippen molar-refractivity contribution in [1.82, 2.24) is 21.3 Å². The number of aliphatic carboxylic acids is 2. The van der Waals surface area contributed by atoms with Gasteiger partial charge in [0, 0.05) is 87.2 Å². The van der Waals surface area contributed by atoms with E-state index in [4.69, 9.17) is 101 Å². The first-order valence-corrected chi connectivity index (χ1v) is 37.4. The van der Waals surface area contributed by atoms with Gasteiger partial charge in [-0.15, -0.1) is 17.3 Å². The van der Waals surface area contributed by atoms with Gasteiger partial charge in [0.1, 0.15) is 38.5 Å². The quantitative estimate of drug-likeness (QED) is 0.00195. The molecular weight excluding hydrogens is 1660 g/mol. The molecule has 5 aromatic rings. The number of carboxylic acid groups (broad SMARTS) is 4. The maximum atomic E-state index is 13.4. The van der Waals surface area contributed by atoms with Crippen LogP contribution in [0.15, 0.2) is 143 Å². The predicted molar refractivity (Wildman–Crippen MR) is 413 cm³/mol. The van der Waals surface area contributed by atoms with Crippen LogP contribution in [0.3, 0.4) is 0 Å². The van der Waals surface area contributed by atoms with Gasteiger partial charge in [-0.05, 0) is 120 Å². The van der Waals surface area contributed by atoms with Crippen molar-refractivity contribution >= 4 is 129 Å². The second kappa shape index (κ2) is 48.5. The SMILES string of the molecule is N=c1ccc2c(-c3cc(C(=O)NCCOCCOCCC(=O)O)ccc3C(=O)O)c3ccc(N)c(SOOO)c3oc-2c1SOOO.[N-]=[N+]=NC(COc1cccc(C(=O)NCCNC(=O)CCOCCOCCNC(=O)c2ccc(C(=O)O)c(-c3c4ccc(=N)c(SOOO)c-4oc4c(SOOO)c(N)ccc34)c2)c1)OCCOCC(=O)O. The number of carbonyl (C=O) groups is 8. The molecule has 9 rings (SSSR count). The van der Waals surface area contributed by atoms with Gasteiger partial charge in [-0.2, -0.15) is 0 Å². The molecule has 5 aromatic carbocycles. The lowest BCUT2D eigenvalue weighted by atomic mass is 9.89. The number of carbonyl (C=O) groups excluding carboxylic acids is 4. The van der Waals surface area contributed by atoms with Crippen molar-refractivity contribution in [2.75, 3.05) is 117 Å². The van der Waals surface area contributed by atoms with E-state index >= 15 is 0 Å². The minimum atomic E-state index is -1.33. The molecule has 2 aliphatic heterocycles. The zero-order valence-corrected chi connectivity index (χ0v) is 64.9. The van der Waals surface area contributed by atoms with Crippen molar-refractivity contribution < 1.29 is 159 Å². The van der Waals surface area contributed by atoms with E-state index in [1.165, 1.54) is 78.9 Å². The minimum Gasteiger partial charge on any atom is -0.491 e. The number of hydrogen-bond acceptors (Lipinski definition) is 38. The van der Waals surface area contributed by atoms with Crippen LogP contribution in [0.1, 0.15) is 64.6 Å². The van der Waals surface area contributed by atoms with Crippen LogP contribution in [0.5, 0.6) is 5.75 Å². The molecule has 0 fully saturated rings. The Labute approximate surface area is 686 Å². The van der Waals surface area contributed by atoms with E-state index in [1.54, 1.807) is 30.3 Å². The lowest BCUT2D eigenvalue weighted by Gasteiger charge is -2.20. The van der Waals surface area contributed by atoms with E-state index in [0.717, 1.165) is 0 Å². The van der Waals surface area contributed by atoms with Crippen LogP contribution < -0.4 is 48.2 Å². The standard InChI is InChI=1S/C43H46N8O19S2.C28H27N3O14S2/c44-31-8-6-28-36(29-7-9-32(45)40(72-70-68-60)38(29)66-37(28)39(31)71-69-67-59)30-21-25(4-5-27(30)43(57)58)42(56)49-13-15-62-17-16-61-14-10-33(52)47-11-12-48-41(55)24-2-1-3-26(20-24)65-22-34(50-51-46)64-19-18-63-23-35(53)54;29-19-5-3-16-22(17-4-6-20(30)26(47-45-43-38)24(17)41-23(16)25(19)46-44-42-37)18-13-14(1-2-15(18)28(35)36)27(34)31-8-10-40-12-11-39-9-7-21(32)33/h1-9,20-21,34,44,59-60H,10-19,22-23,45H2,(H,47,52)(H,48,55)(H,49,56)(H,53,54)(H,57,58);1-6,13,29,37-38H,7-12,30H2,(H,31,34)(H,32,33)(H,35,36). The average Bonchev–Trinajstić information content (AvgIpc) is 0.736. The van der Waals surface area contributed by atoms with Crippen molar-refractivity contribution in [3.05, 3.63) is 158 Å². The first-order valence-electron chi connectivity index (χ1n) is 34.4. The molecule has 634 valence electrons. The Hall–Kier alpha value is -11.4. The largest absolute Gasteiger partial charge is 0.491 e. The monoisotopic (exact) mass is 1740 g/mol. The molecule has 4 amide bonds. The number of ether oxygens (including phenoxy) is 7. The molecule has 1 unspecified atom stereocenters. The summed E-state index contributed by atoms with van der Waals surface area (Å²) in [5.74, 6) is -6.35. The van der Waals surface area contributed by atoms with Crippen molar-refractivity contribution in [2.45, 2.75) is 38.7 Å². The lowest BCUT2D eigenvalue weighted by molar-refractivity contribution is -0.432. The molecule has 48 heteroatoms. The highest BCUT2D eigenvalue weighted by Crippen LogP contribution is 2.50. The summed E-state index contributed by atoms with van der Waals surface area (Å²) >= 11 is 1.84. The maximum Gasteiger partial charge on any atom is 0.336 e. The average molecular weight is 1740 g/mol. The number of carboxylic acids is 4. The van der Waals surface area contributed by atoms with E-state index < -0.39 is 54.4 Å². The van der Waals surface area contributed by atoms with E-state index in [0.29, 0.717) is 53.6 Å². The third kappa shape index (κ3) is 27.1. The Morgan fingerprint density at radius 1 is 0.471 bits per heavy atom. The number of aromatic carboxylic acids is 2. The van der Waals surface area contributed by atoms with Crippen LogP contribution in [0.4, 0.5) is 11.4 Å². The number of fused-ring (bicyclic) bond motifs is 4. The Bertz CT molecular complexity index is 5160. The fourth-order valence-corrected chi connectivity index (χ4v) is 12.9. The van der Waals surface area contributed by atoms with E-state index in [2.05, 4.69) is 68.8 Å². The highest BCUT2D eigenvalue weighted by atomic mass is 32.2. The molecule has 18 N–H and O–H groups in total. The summed E-state index contributed by atoms with van der Waals surface area (Å²) in [4.78, 5) is 101. The van der Waals surface area contributed by atoms with Crippen molar-refractivity contribution in [1.29, 1.82) is 10.8 Å². The smallest absolute Gasteiger partial charge is 0.336 e. The number of benzene rings is 7. The molecule has 0 aromatic heterocycles. The molecule has 2 aliphatic carbocycles.